The Morgan fingerprint density at radius 1 is 1.40 bits per heavy atom. The van der Waals surface area contributed by atoms with E-state index in [0.717, 1.165) is 11.8 Å². The van der Waals surface area contributed by atoms with Crippen LogP contribution in [0.2, 0.25) is 0 Å². The van der Waals surface area contributed by atoms with Crippen LogP contribution in [0.15, 0.2) is 22.5 Å². The third-order valence-corrected chi connectivity index (χ3v) is 5.57. The second-order valence-electron chi connectivity index (χ2n) is 6.37. The molecule has 0 aromatic carbocycles. The van der Waals surface area contributed by atoms with E-state index in [4.69, 9.17) is 4.74 Å². The number of rotatable bonds is 4. The summed E-state index contributed by atoms with van der Waals surface area (Å²) in [5.41, 5.74) is 0. The van der Waals surface area contributed by atoms with Crippen molar-refractivity contribution >= 4 is 5.97 Å². The fraction of sp³-hybridized carbons (Fsp3) is 0.800. The monoisotopic (exact) mass is 275 g/mol. The molecule has 5 nitrogen and oxygen atoms in total. The lowest BCUT2D eigenvalue weighted by Gasteiger charge is -2.35. The van der Waals surface area contributed by atoms with Gasteiger partial charge in [-0.3, -0.25) is 9.80 Å². The van der Waals surface area contributed by atoms with Gasteiger partial charge in [-0.15, -0.1) is 0 Å². The minimum atomic E-state index is -0.130. The highest BCUT2D eigenvalue weighted by atomic mass is 16.5. The Kier molecular flexibility index (Phi) is 2.82. The Hall–Kier alpha value is -1.39. The quantitative estimate of drug-likeness (QED) is 0.584. The molecule has 2 bridgehead atoms. The maximum atomic E-state index is 11.5. The molecule has 0 saturated heterocycles. The van der Waals surface area contributed by atoms with E-state index in [0.29, 0.717) is 43.5 Å². The molecule has 2 fully saturated rings. The van der Waals surface area contributed by atoms with Gasteiger partial charge in [0.05, 0.1) is 25.1 Å². The summed E-state index contributed by atoms with van der Waals surface area (Å²) in [6.45, 7) is 2.94. The second-order valence-corrected chi connectivity index (χ2v) is 6.37. The van der Waals surface area contributed by atoms with Crippen molar-refractivity contribution in [3.05, 3.63) is 12.2 Å². The van der Waals surface area contributed by atoms with Crippen LogP contribution >= 0.6 is 0 Å². The van der Waals surface area contributed by atoms with Crippen LogP contribution in [0.25, 0.3) is 0 Å². The number of carbonyl (C=O) groups is 1. The summed E-state index contributed by atoms with van der Waals surface area (Å²) in [4.78, 5) is 11.5. The van der Waals surface area contributed by atoms with Gasteiger partial charge in [-0.25, -0.2) is 0 Å². The highest BCUT2D eigenvalue weighted by molar-refractivity contribution is 5.69. The van der Waals surface area contributed by atoms with Crippen molar-refractivity contribution in [3.63, 3.8) is 0 Å². The highest BCUT2D eigenvalue weighted by Crippen LogP contribution is 2.59. The third kappa shape index (κ3) is 1.64. The number of hydrogen-bond donors (Lipinski definition) is 0. The zero-order valence-corrected chi connectivity index (χ0v) is 11.8. The van der Waals surface area contributed by atoms with Crippen LogP contribution < -0.4 is 0 Å². The molecular weight excluding hydrogens is 254 g/mol. The van der Waals surface area contributed by atoms with E-state index in [9.17, 15) is 4.79 Å². The standard InChI is InChI=1S/C15H21N3O2/c1-2-20-13(19)6-7-18-15-12-8-11(14(15)16-17-18)9-4-3-5-10(9)12/h3-4,9-12,14-15H,2,5-8H2,1H3/t9-,10+,11-,12-,14+,15+/m0/s1. The van der Waals surface area contributed by atoms with E-state index in [1.54, 1.807) is 0 Å². The van der Waals surface area contributed by atoms with Crippen LogP contribution in [0, 0.1) is 23.7 Å². The summed E-state index contributed by atoms with van der Waals surface area (Å²) >= 11 is 0. The Morgan fingerprint density at radius 3 is 3.15 bits per heavy atom. The highest BCUT2D eigenvalue weighted by Gasteiger charge is 2.61. The number of nitrogens with zero attached hydrogens (tertiary/aromatic N) is 3. The van der Waals surface area contributed by atoms with Crippen molar-refractivity contribution in [2.75, 3.05) is 13.2 Å². The molecule has 2 saturated carbocycles. The lowest BCUT2D eigenvalue weighted by Crippen LogP contribution is -2.45. The molecule has 4 aliphatic rings. The molecule has 0 spiro atoms. The van der Waals surface area contributed by atoms with Gasteiger partial charge in [0.15, 0.2) is 0 Å². The van der Waals surface area contributed by atoms with E-state index in [-0.39, 0.29) is 5.97 Å². The van der Waals surface area contributed by atoms with E-state index in [2.05, 4.69) is 27.5 Å². The molecule has 1 aliphatic heterocycles. The summed E-state index contributed by atoms with van der Waals surface area (Å²) in [6.07, 6.45) is 7.68. The second kappa shape index (κ2) is 4.57. The minimum absolute atomic E-state index is 0.130. The average molecular weight is 275 g/mol. The number of hydrogen-bond acceptors (Lipinski definition) is 5. The van der Waals surface area contributed by atoms with E-state index < -0.39 is 0 Å². The Labute approximate surface area is 119 Å². The van der Waals surface area contributed by atoms with Gasteiger partial charge in [-0.2, -0.15) is 5.11 Å². The Morgan fingerprint density at radius 2 is 2.30 bits per heavy atom. The smallest absolute Gasteiger partial charge is 0.307 e. The van der Waals surface area contributed by atoms with Crippen LogP contribution in [-0.2, 0) is 9.53 Å². The van der Waals surface area contributed by atoms with Gasteiger partial charge in [0.25, 0.3) is 0 Å². The molecule has 108 valence electrons. The van der Waals surface area contributed by atoms with Crippen molar-refractivity contribution in [2.24, 2.45) is 34.0 Å². The Balaban J connectivity index is 1.43. The first-order chi connectivity index (χ1) is 9.79. The number of ether oxygens (including phenoxy) is 1. The van der Waals surface area contributed by atoms with Gasteiger partial charge in [-0.05, 0) is 43.4 Å². The summed E-state index contributed by atoms with van der Waals surface area (Å²) in [7, 11) is 0. The molecule has 0 unspecified atom stereocenters. The summed E-state index contributed by atoms with van der Waals surface area (Å²) in [5.74, 6) is 2.81. The number of carbonyl (C=O) groups excluding carboxylic acids is 1. The number of fused-ring (bicyclic) bond motifs is 8. The summed E-state index contributed by atoms with van der Waals surface area (Å²) < 4.78 is 5.00. The van der Waals surface area contributed by atoms with Gasteiger partial charge in [0, 0.05) is 6.54 Å². The molecule has 3 aliphatic carbocycles. The topological polar surface area (TPSA) is 54.3 Å². The van der Waals surface area contributed by atoms with Gasteiger partial charge < -0.3 is 4.74 Å². The molecule has 1 heterocycles. The van der Waals surface area contributed by atoms with E-state index >= 15 is 0 Å². The van der Waals surface area contributed by atoms with Crippen LogP contribution in [0.1, 0.15) is 26.2 Å². The fourth-order valence-corrected chi connectivity index (χ4v) is 4.90. The first kappa shape index (κ1) is 12.4. The van der Waals surface area contributed by atoms with Gasteiger partial charge in [-0.1, -0.05) is 17.4 Å². The third-order valence-electron chi connectivity index (χ3n) is 5.57. The first-order valence-electron chi connectivity index (χ1n) is 7.79. The molecule has 5 heteroatoms. The lowest BCUT2D eigenvalue weighted by molar-refractivity contribution is -0.143. The van der Waals surface area contributed by atoms with Gasteiger partial charge >= 0.3 is 5.97 Å². The maximum absolute atomic E-state index is 11.5. The van der Waals surface area contributed by atoms with E-state index in [1.807, 2.05) is 6.92 Å². The number of allylic oxidation sites excluding steroid dienone is 2. The summed E-state index contributed by atoms with van der Waals surface area (Å²) in [5, 5.41) is 10.9. The molecule has 20 heavy (non-hydrogen) atoms. The molecule has 0 amide bonds. The van der Waals surface area contributed by atoms with Crippen molar-refractivity contribution < 1.29 is 9.53 Å². The SMILES string of the molecule is CCOC(=O)CCN1N=N[C@@H]2[C@H]3C[C@@H]([C@@H]4CC=C[C@@H]43)[C@H]21. The zero-order valence-electron chi connectivity index (χ0n) is 11.8. The zero-order chi connectivity index (χ0) is 13.7. The molecule has 0 aromatic heterocycles. The normalized spacial score (nSPS) is 43.1. The van der Waals surface area contributed by atoms with Crippen LogP contribution in [0.3, 0.4) is 0 Å². The van der Waals surface area contributed by atoms with Gasteiger partial charge in [0.2, 0.25) is 0 Å². The molecular formula is C15H21N3O2. The maximum Gasteiger partial charge on any atom is 0.307 e. The van der Waals surface area contributed by atoms with E-state index in [1.165, 1.54) is 12.8 Å². The predicted molar refractivity (Wildman–Crippen MR) is 72.7 cm³/mol. The average Bonchev–Trinajstić information content (AvgIpc) is 3.15. The van der Waals surface area contributed by atoms with Crippen molar-refractivity contribution in [1.29, 1.82) is 0 Å². The Bertz CT molecular complexity index is 476. The van der Waals surface area contributed by atoms with Crippen molar-refractivity contribution in [2.45, 2.75) is 38.3 Å². The minimum Gasteiger partial charge on any atom is -0.466 e. The summed E-state index contributed by atoms with van der Waals surface area (Å²) in [6, 6.07) is 0.807. The molecule has 4 rings (SSSR count). The molecule has 0 N–H and O–H groups in total. The molecule has 6 atom stereocenters. The van der Waals surface area contributed by atoms with Crippen molar-refractivity contribution in [1.82, 2.24) is 5.01 Å². The van der Waals surface area contributed by atoms with Gasteiger partial charge in [0.1, 0.15) is 0 Å². The largest absolute Gasteiger partial charge is 0.466 e. The predicted octanol–water partition coefficient (Wildman–Crippen LogP) is 2.20. The van der Waals surface area contributed by atoms with Crippen LogP contribution in [-0.4, -0.2) is 36.2 Å². The lowest BCUT2D eigenvalue weighted by atomic mass is 9.76. The van der Waals surface area contributed by atoms with Crippen LogP contribution in [0.5, 0.6) is 0 Å². The molecule has 0 radical (unpaired) electrons. The molecule has 0 aromatic rings. The van der Waals surface area contributed by atoms with Crippen molar-refractivity contribution in [3.8, 4) is 0 Å². The fourth-order valence-electron chi connectivity index (χ4n) is 4.90. The number of esters is 1. The van der Waals surface area contributed by atoms with Crippen LogP contribution in [0.4, 0.5) is 0 Å². The first-order valence-corrected chi connectivity index (χ1v) is 7.79.